The van der Waals surface area contributed by atoms with E-state index in [1.807, 2.05) is 6.07 Å². The van der Waals surface area contributed by atoms with Crippen molar-refractivity contribution in [2.24, 2.45) is 5.92 Å². The molecule has 0 radical (unpaired) electrons. The van der Waals surface area contributed by atoms with Gasteiger partial charge in [-0.15, -0.1) is 0 Å². The fourth-order valence-electron chi connectivity index (χ4n) is 3.69. The number of amides is 1. The molecule has 0 atom stereocenters. The Labute approximate surface area is 177 Å². The molecule has 1 aliphatic rings. The Hall–Kier alpha value is -1.85. The van der Waals surface area contributed by atoms with E-state index in [-0.39, 0.29) is 11.8 Å². The van der Waals surface area contributed by atoms with Gasteiger partial charge in [0.15, 0.2) is 0 Å². The topological polar surface area (TPSA) is 35.6 Å². The van der Waals surface area contributed by atoms with Gasteiger partial charge in [-0.25, -0.2) is 0 Å². The molecule has 1 heterocycles. The zero-order chi connectivity index (χ0) is 19.8. The summed E-state index contributed by atoms with van der Waals surface area (Å²) in [5.41, 5.74) is 2.54. The summed E-state index contributed by atoms with van der Waals surface area (Å²) in [7, 11) is 2.10. The van der Waals surface area contributed by atoms with Crippen molar-refractivity contribution in [3.8, 4) is 0 Å². The van der Waals surface area contributed by atoms with Crippen LogP contribution in [-0.2, 0) is 11.3 Å². The lowest BCUT2D eigenvalue weighted by molar-refractivity contribution is -0.126. The van der Waals surface area contributed by atoms with Crippen LogP contribution < -0.4 is 10.2 Å². The van der Waals surface area contributed by atoms with Crippen molar-refractivity contribution in [1.82, 2.24) is 10.2 Å². The van der Waals surface area contributed by atoms with Gasteiger partial charge in [-0.05, 0) is 62.2 Å². The first-order valence-corrected chi connectivity index (χ1v) is 10.9. The average molecular weight is 444 g/mol. The summed E-state index contributed by atoms with van der Waals surface area (Å²) in [5.74, 6) is 0.388. The Balaban J connectivity index is 1.32. The van der Waals surface area contributed by atoms with E-state index in [0.29, 0.717) is 0 Å². The fourth-order valence-corrected chi connectivity index (χ4v) is 3.95. The number of benzene rings is 2. The Morgan fingerprint density at radius 3 is 2.46 bits per heavy atom. The van der Waals surface area contributed by atoms with Gasteiger partial charge in [0.2, 0.25) is 5.91 Å². The van der Waals surface area contributed by atoms with Gasteiger partial charge < -0.3 is 10.2 Å². The first kappa shape index (κ1) is 20.9. The molecule has 28 heavy (non-hydrogen) atoms. The Kier molecular flexibility index (Phi) is 7.92. The SMILES string of the molecule is CN(CCCNC(=O)C1CCN(Cc2ccc(Br)cc2)CC1)c1ccccc1. The molecule has 0 bridgehead atoms. The summed E-state index contributed by atoms with van der Waals surface area (Å²) >= 11 is 3.48. The molecule has 1 amide bonds. The van der Waals surface area contributed by atoms with Crippen LogP contribution in [0.4, 0.5) is 5.69 Å². The summed E-state index contributed by atoms with van der Waals surface area (Å²) in [6, 6.07) is 18.9. The number of nitrogens with zero attached hydrogens (tertiary/aromatic N) is 2. The molecule has 1 aliphatic heterocycles. The number of hydrogen-bond acceptors (Lipinski definition) is 3. The van der Waals surface area contributed by atoms with Crippen molar-refractivity contribution < 1.29 is 4.79 Å². The quantitative estimate of drug-likeness (QED) is 0.617. The predicted molar refractivity (Wildman–Crippen MR) is 119 cm³/mol. The lowest BCUT2D eigenvalue weighted by Gasteiger charge is -2.31. The Morgan fingerprint density at radius 2 is 1.79 bits per heavy atom. The van der Waals surface area contributed by atoms with Gasteiger partial charge in [0.05, 0.1) is 0 Å². The second kappa shape index (κ2) is 10.6. The standard InChI is InChI=1S/C23H30BrN3O/c1-26(22-6-3-2-4-7-22)15-5-14-25-23(28)20-12-16-27(17-13-20)18-19-8-10-21(24)11-9-19/h2-4,6-11,20H,5,12-18H2,1H3,(H,25,28). The van der Waals surface area contributed by atoms with Gasteiger partial charge in [0.1, 0.15) is 0 Å². The molecule has 0 saturated carbocycles. The van der Waals surface area contributed by atoms with Gasteiger partial charge in [0, 0.05) is 42.8 Å². The van der Waals surface area contributed by atoms with Crippen LogP contribution in [0.5, 0.6) is 0 Å². The molecule has 150 valence electrons. The zero-order valence-electron chi connectivity index (χ0n) is 16.6. The summed E-state index contributed by atoms with van der Waals surface area (Å²) in [6.07, 6.45) is 2.86. The maximum absolute atomic E-state index is 12.5. The number of piperidine rings is 1. The monoisotopic (exact) mass is 443 g/mol. The van der Waals surface area contributed by atoms with E-state index in [0.717, 1.165) is 56.5 Å². The molecule has 3 rings (SSSR count). The number of anilines is 1. The first-order chi connectivity index (χ1) is 13.6. The molecule has 2 aromatic rings. The number of carbonyl (C=O) groups excluding carboxylic acids is 1. The molecule has 0 aliphatic carbocycles. The highest BCUT2D eigenvalue weighted by Gasteiger charge is 2.24. The molecular weight excluding hydrogens is 414 g/mol. The Bertz CT molecular complexity index is 727. The molecule has 0 unspecified atom stereocenters. The van der Waals surface area contributed by atoms with Crippen LogP contribution in [0.25, 0.3) is 0 Å². The highest BCUT2D eigenvalue weighted by Crippen LogP contribution is 2.20. The summed E-state index contributed by atoms with van der Waals surface area (Å²) in [6.45, 7) is 4.63. The number of carbonyl (C=O) groups is 1. The van der Waals surface area contributed by atoms with Crippen LogP contribution in [0, 0.1) is 5.92 Å². The molecule has 1 saturated heterocycles. The van der Waals surface area contributed by atoms with Crippen LogP contribution in [0.15, 0.2) is 59.1 Å². The summed E-state index contributed by atoms with van der Waals surface area (Å²) in [5, 5.41) is 3.14. The van der Waals surface area contributed by atoms with Gasteiger partial charge >= 0.3 is 0 Å². The highest BCUT2D eigenvalue weighted by molar-refractivity contribution is 9.10. The van der Waals surface area contributed by atoms with Gasteiger partial charge in [-0.2, -0.15) is 0 Å². The molecule has 0 spiro atoms. The predicted octanol–water partition coefficient (Wildman–Crippen LogP) is 4.30. The van der Waals surface area contributed by atoms with Crippen LogP contribution in [0.1, 0.15) is 24.8 Å². The van der Waals surface area contributed by atoms with E-state index in [2.05, 4.69) is 86.6 Å². The maximum atomic E-state index is 12.5. The van der Waals surface area contributed by atoms with Gasteiger partial charge in [0.25, 0.3) is 0 Å². The van der Waals surface area contributed by atoms with Crippen molar-refractivity contribution in [2.45, 2.75) is 25.8 Å². The smallest absolute Gasteiger partial charge is 0.223 e. The van der Waals surface area contributed by atoms with E-state index in [4.69, 9.17) is 0 Å². The highest BCUT2D eigenvalue weighted by atomic mass is 79.9. The number of likely N-dealkylation sites (tertiary alicyclic amines) is 1. The van der Waals surface area contributed by atoms with E-state index in [1.54, 1.807) is 0 Å². The maximum Gasteiger partial charge on any atom is 0.223 e. The van der Waals surface area contributed by atoms with E-state index >= 15 is 0 Å². The van der Waals surface area contributed by atoms with Crippen LogP contribution in [-0.4, -0.2) is 44.0 Å². The van der Waals surface area contributed by atoms with Gasteiger partial charge in [-0.1, -0.05) is 46.3 Å². The van der Waals surface area contributed by atoms with Crippen LogP contribution in [0.2, 0.25) is 0 Å². The zero-order valence-corrected chi connectivity index (χ0v) is 18.2. The minimum atomic E-state index is 0.160. The first-order valence-electron chi connectivity index (χ1n) is 10.1. The number of hydrogen-bond donors (Lipinski definition) is 1. The minimum absolute atomic E-state index is 0.160. The number of rotatable bonds is 8. The largest absolute Gasteiger partial charge is 0.375 e. The van der Waals surface area contributed by atoms with Crippen molar-refractivity contribution in [3.63, 3.8) is 0 Å². The lowest BCUT2D eigenvalue weighted by Crippen LogP contribution is -2.40. The molecule has 0 aromatic heterocycles. The van der Waals surface area contributed by atoms with E-state index in [1.165, 1.54) is 11.3 Å². The molecule has 4 nitrogen and oxygen atoms in total. The number of halogens is 1. The molecule has 1 fully saturated rings. The third kappa shape index (κ3) is 6.35. The second-order valence-electron chi connectivity index (χ2n) is 7.58. The van der Waals surface area contributed by atoms with E-state index in [9.17, 15) is 4.79 Å². The lowest BCUT2D eigenvalue weighted by atomic mass is 9.95. The van der Waals surface area contributed by atoms with Crippen molar-refractivity contribution in [3.05, 3.63) is 64.6 Å². The molecule has 5 heteroatoms. The van der Waals surface area contributed by atoms with Crippen LogP contribution in [0.3, 0.4) is 0 Å². The third-order valence-corrected chi connectivity index (χ3v) is 5.97. The third-order valence-electron chi connectivity index (χ3n) is 5.44. The van der Waals surface area contributed by atoms with Crippen molar-refractivity contribution in [2.75, 3.05) is 38.1 Å². The molecule has 2 aromatic carbocycles. The van der Waals surface area contributed by atoms with Crippen LogP contribution >= 0.6 is 15.9 Å². The number of para-hydroxylation sites is 1. The normalized spacial score (nSPS) is 15.4. The van der Waals surface area contributed by atoms with Gasteiger partial charge in [-0.3, -0.25) is 9.69 Å². The fraction of sp³-hybridized carbons (Fsp3) is 0.435. The van der Waals surface area contributed by atoms with Crippen molar-refractivity contribution >= 4 is 27.5 Å². The van der Waals surface area contributed by atoms with E-state index < -0.39 is 0 Å². The number of nitrogens with one attached hydrogen (secondary N) is 1. The molecule has 1 N–H and O–H groups in total. The Morgan fingerprint density at radius 1 is 1.11 bits per heavy atom. The molecular formula is C23H30BrN3O. The van der Waals surface area contributed by atoms with Crippen molar-refractivity contribution in [1.29, 1.82) is 0 Å². The minimum Gasteiger partial charge on any atom is -0.375 e. The summed E-state index contributed by atoms with van der Waals surface area (Å²) in [4.78, 5) is 17.1. The second-order valence-corrected chi connectivity index (χ2v) is 8.49. The summed E-state index contributed by atoms with van der Waals surface area (Å²) < 4.78 is 1.11. The average Bonchev–Trinajstić information content (AvgIpc) is 2.73.